The van der Waals surface area contributed by atoms with Crippen molar-refractivity contribution in [2.24, 2.45) is 0 Å². The van der Waals surface area contributed by atoms with E-state index in [9.17, 15) is 22.8 Å². The first-order valence-corrected chi connectivity index (χ1v) is 6.17. The fraction of sp³-hybridized carbons (Fsp3) is 0.286. The fourth-order valence-electron chi connectivity index (χ4n) is 1.63. The lowest BCUT2D eigenvalue weighted by Crippen LogP contribution is -2.42. The van der Waals surface area contributed by atoms with Crippen LogP contribution in [0.5, 0.6) is 0 Å². The zero-order chi connectivity index (χ0) is 16.8. The molecule has 1 rings (SSSR count). The van der Waals surface area contributed by atoms with Crippen molar-refractivity contribution < 1.29 is 32.6 Å². The molecule has 0 saturated heterocycles. The van der Waals surface area contributed by atoms with Gasteiger partial charge in [-0.1, -0.05) is 30.9 Å². The lowest BCUT2D eigenvalue weighted by Gasteiger charge is -2.15. The summed E-state index contributed by atoms with van der Waals surface area (Å²) in [6.07, 6.45) is -4.52. The maximum absolute atomic E-state index is 12.6. The summed E-state index contributed by atoms with van der Waals surface area (Å²) in [6, 6.07) is 2.84. The topological polar surface area (TPSA) is 75.6 Å². The summed E-state index contributed by atoms with van der Waals surface area (Å²) in [4.78, 5) is 22.4. The van der Waals surface area contributed by atoms with Crippen LogP contribution >= 0.6 is 0 Å². The first-order chi connectivity index (χ1) is 10.2. The van der Waals surface area contributed by atoms with Gasteiger partial charge in [-0.25, -0.2) is 9.59 Å². The van der Waals surface area contributed by atoms with Crippen LogP contribution < -0.4 is 5.32 Å². The molecule has 0 aliphatic heterocycles. The number of carbonyl (C=O) groups excluding carboxylic acids is 1. The molecule has 2 N–H and O–H groups in total. The molecule has 0 unspecified atom stereocenters. The lowest BCUT2D eigenvalue weighted by atomic mass is 10.0. The molecular formula is C14H14F3NO4. The van der Waals surface area contributed by atoms with Gasteiger partial charge in [0, 0.05) is 6.42 Å². The summed E-state index contributed by atoms with van der Waals surface area (Å²) in [7, 11) is 0. The van der Waals surface area contributed by atoms with Crippen LogP contribution in [-0.4, -0.2) is 29.8 Å². The zero-order valence-electron chi connectivity index (χ0n) is 11.4. The first kappa shape index (κ1) is 17.5. The molecule has 5 nitrogen and oxygen atoms in total. The molecule has 0 aromatic heterocycles. The number of carboxylic acid groups (broad SMARTS) is 1. The van der Waals surface area contributed by atoms with Crippen LogP contribution in [0.1, 0.15) is 11.1 Å². The number of hydrogen-bond donors (Lipinski definition) is 2. The standard InChI is InChI=1S/C14H14F3NO4/c1-2-6-22-13(21)18-11(12(19)20)8-9-4-3-5-10(7-9)14(15,16)17/h2-5,7,11H,1,6,8H2,(H,18,21)(H,19,20)/t11-/m0/s1. The number of benzene rings is 1. The number of alkyl halides is 3. The Morgan fingerprint density at radius 2 is 2.09 bits per heavy atom. The highest BCUT2D eigenvalue weighted by Crippen LogP contribution is 2.29. The third-order valence-electron chi connectivity index (χ3n) is 2.62. The van der Waals surface area contributed by atoms with E-state index in [2.05, 4.69) is 16.6 Å². The van der Waals surface area contributed by atoms with Crippen molar-refractivity contribution in [3.05, 3.63) is 48.0 Å². The van der Waals surface area contributed by atoms with E-state index in [-0.39, 0.29) is 18.6 Å². The van der Waals surface area contributed by atoms with Crippen molar-refractivity contribution in [3.8, 4) is 0 Å². The van der Waals surface area contributed by atoms with Gasteiger partial charge in [0.05, 0.1) is 5.56 Å². The van der Waals surface area contributed by atoms with E-state index in [0.717, 1.165) is 12.1 Å². The summed E-state index contributed by atoms with van der Waals surface area (Å²) in [5.41, 5.74) is -0.755. The summed E-state index contributed by atoms with van der Waals surface area (Å²) >= 11 is 0. The van der Waals surface area contributed by atoms with Crippen molar-refractivity contribution in [2.45, 2.75) is 18.6 Å². The van der Waals surface area contributed by atoms with E-state index in [1.807, 2.05) is 0 Å². The minimum Gasteiger partial charge on any atom is -0.480 e. The highest BCUT2D eigenvalue weighted by Gasteiger charge is 2.31. The number of carboxylic acids is 1. The molecule has 8 heteroatoms. The molecule has 1 atom stereocenters. The molecule has 22 heavy (non-hydrogen) atoms. The Hall–Kier alpha value is -2.51. The monoisotopic (exact) mass is 317 g/mol. The van der Waals surface area contributed by atoms with Gasteiger partial charge in [0.15, 0.2) is 0 Å². The van der Waals surface area contributed by atoms with Crippen molar-refractivity contribution in [1.82, 2.24) is 5.32 Å². The molecule has 1 aromatic carbocycles. The molecular weight excluding hydrogens is 303 g/mol. The zero-order valence-corrected chi connectivity index (χ0v) is 11.4. The summed E-state index contributed by atoms with van der Waals surface area (Å²) in [6.45, 7) is 3.21. The number of aliphatic carboxylic acids is 1. The highest BCUT2D eigenvalue weighted by molar-refractivity contribution is 5.80. The summed E-state index contributed by atoms with van der Waals surface area (Å²) < 4.78 is 42.4. The number of ether oxygens (including phenoxy) is 1. The minimum absolute atomic E-state index is 0.109. The van der Waals surface area contributed by atoms with Crippen molar-refractivity contribution in [1.29, 1.82) is 0 Å². The molecule has 0 radical (unpaired) electrons. The molecule has 0 fully saturated rings. The number of halogens is 3. The van der Waals surface area contributed by atoms with Gasteiger partial charge in [-0.3, -0.25) is 0 Å². The predicted octanol–water partition coefficient (Wildman–Crippen LogP) is 2.61. The quantitative estimate of drug-likeness (QED) is 0.791. The first-order valence-electron chi connectivity index (χ1n) is 6.17. The van der Waals surface area contributed by atoms with Crippen LogP contribution in [0, 0.1) is 0 Å². The second-order valence-electron chi connectivity index (χ2n) is 4.32. The van der Waals surface area contributed by atoms with E-state index in [0.29, 0.717) is 0 Å². The average molecular weight is 317 g/mol. The Morgan fingerprint density at radius 1 is 1.41 bits per heavy atom. The van der Waals surface area contributed by atoms with Gasteiger partial charge in [0.2, 0.25) is 0 Å². The van der Waals surface area contributed by atoms with Gasteiger partial charge < -0.3 is 15.2 Å². The largest absolute Gasteiger partial charge is 0.480 e. The molecule has 120 valence electrons. The van der Waals surface area contributed by atoms with E-state index >= 15 is 0 Å². The van der Waals surface area contributed by atoms with E-state index in [1.54, 1.807) is 0 Å². The minimum atomic E-state index is -4.52. The van der Waals surface area contributed by atoms with Gasteiger partial charge in [0.25, 0.3) is 0 Å². The highest BCUT2D eigenvalue weighted by atomic mass is 19.4. The maximum Gasteiger partial charge on any atom is 0.416 e. The SMILES string of the molecule is C=CCOC(=O)N[C@@H](Cc1cccc(C(F)(F)F)c1)C(=O)O. The fourth-order valence-corrected chi connectivity index (χ4v) is 1.63. The summed E-state index contributed by atoms with van der Waals surface area (Å²) in [5.74, 6) is -1.38. The number of alkyl carbamates (subject to hydrolysis) is 1. The van der Waals surface area contributed by atoms with Crippen LogP contribution in [0.4, 0.5) is 18.0 Å². The molecule has 1 amide bonds. The van der Waals surface area contributed by atoms with Crippen LogP contribution in [-0.2, 0) is 22.1 Å². The van der Waals surface area contributed by atoms with Gasteiger partial charge >= 0.3 is 18.2 Å². The van der Waals surface area contributed by atoms with Crippen molar-refractivity contribution in [2.75, 3.05) is 6.61 Å². The second-order valence-corrected chi connectivity index (χ2v) is 4.32. The Bertz CT molecular complexity index is 557. The molecule has 0 aliphatic carbocycles. The van der Waals surface area contributed by atoms with E-state index in [4.69, 9.17) is 5.11 Å². The van der Waals surface area contributed by atoms with Crippen LogP contribution in [0.2, 0.25) is 0 Å². The normalized spacial score (nSPS) is 12.3. The molecule has 1 aromatic rings. The lowest BCUT2D eigenvalue weighted by molar-refractivity contribution is -0.139. The Kier molecular flexibility index (Phi) is 5.97. The van der Waals surface area contributed by atoms with E-state index < -0.39 is 29.8 Å². The Morgan fingerprint density at radius 3 is 2.64 bits per heavy atom. The Labute approximate surface area is 124 Å². The van der Waals surface area contributed by atoms with Crippen molar-refractivity contribution >= 4 is 12.1 Å². The average Bonchev–Trinajstić information content (AvgIpc) is 2.43. The van der Waals surface area contributed by atoms with Crippen LogP contribution in [0.3, 0.4) is 0 Å². The van der Waals surface area contributed by atoms with Gasteiger partial charge in [0.1, 0.15) is 12.6 Å². The Balaban J connectivity index is 2.81. The number of amides is 1. The second kappa shape index (κ2) is 7.48. The molecule has 0 heterocycles. The molecule has 0 bridgehead atoms. The number of carbonyl (C=O) groups is 2. The predicted molar refractivity (Wildman–Crippen MR) is 71.3 cm³/mol. The molecule has 0 spiro atoms. The molecule has 0 saturated carbocycles. The molecule has 0 aliphatic rings. The maximum atomic E-state index is 12.6. The van der Waals surface area contributed by atoms with Crippen molar-refractivity contribution in [3.63, 3.8) is 0 Å². The van der Waals surface area contributed by atoms with Gasteiger partial charge in [-0.2, -0.15) is 13.2 Å². The summed E-state index contributed by atoms with van der Waals surface area (Å²) in [5, 5.41) is 11.1. The van der Waals surface area contributed by atoms with Gasteiger partial charge in [-0.15, -0.1) is 0 Å². The van der Waals surface area contributed by atoms with E-state index in [1.165, 1.54) is 18.2 Å². The van der Waals surface area contributed by atoms with Crippen LogP contribution in [0.15, 0.2) is 36.9 Å². The smallest absolute Gasteiger partial charge is 0.416 e. The third-order valence-corrected chi connectivity index (χ3v) is 2.62. The third kappa shape index (κ3) is 5.47. The van der Waals surface area contributed by atoms with Crippen LogP contribution in [0.25, 0.3) is 0 Å². The number of nitrogens with one attached hydrogen (secondary N) is 1. The number of rotatable bonds is 6. The number of hydrogen-bond acceptors (Lipinski definition) is 3. The van der Waals surface area contributed by atoms with Gasteiger partial charge in [-0.05, 0) is 11.6 Å².